The van der Waals surface area contributed by atoms with Crippen LogP contribution in [-0.4, -0.2) is 31.6 Å². The molecule has 0 aromatic heterocycles. The van der Waals surface area contributed by atoms with Gasteiger partial charge in [-0.3, -0.25) is 4.79 Å². The lowest BCUT2D eigenvalue weighted by Crippen LogP contribution is -2.39. The van der Waals surface area contributed by atoms with Crippen molar-refractivity contribution in [3.63, 3.8) is 0 Å². The van der Waals surface area contributed by atoms with Crippen LogP contribution < -0.4 is 9.64 Å². The SMILES string of the molecule is COc1ccc(C(=O)OC(C)C(=O)N2CCc3ccccc32)cc1F. The molecule has 0 saturated carbocycles. The molecule has 1 heterocycles. The number of esters is 1. The maximum absolute atomic E-state index is 13.7. The number of ether oxygens (including phenoxy) is 2. The number of methoxy groups -OCH3 is 1. The molecular weight excluding hydrogens is 325 g/mol. The maximum atomic E-state index is 13.7. The molecule has 3 rings (SSSR count). The number of hydrogen-bond acceptors (Lipinski definition) is 4. The minimum absolute atomic E-state index is 0.0276. The fourth-order valence-corrected chi connectivity index (χ4v) is 2.86. The van der Waals surface area contributed by atoms with E-state index in [1.165, 1.54) is 26.2 Å². The Morgan fingerprint density at radius 2 is 1.96 bits per heavy atom. The van der Waals surface area contributed by atoms with E-state index in [1.54, 1.807) is 4.90 Å². The Morgan fingerprint density at radius 3 is 2.68 bits per heavy atom. The molecule has 130 valence electrons. The van der Waals surface area contributed by atoms with Gasteiger partial charge in [0, 0.05) is 12.2 Å². The molecule has 0 saturated heterocycles. The summed E-state index contributed by atoms with van der Waals surface area (Å²) in [4.78, 5) is 26.4. The van der Waals surface area contributed by atoms with Crippen LogP contribution in [0.5, 0.6) is 5.75 Å². The Kier molecular flexibility index (Phi) is 4.70. The molecule has 2 aromatic carbocycles. The normalized spacial score (nSPS) is 14.0. The highest BCUT2D eigenvalue weighted by molar-refractivity contribution is 6.00. The van der Waals surface area contributed by atoms with E-state index in [0.717, 1.165) is 23.7 Å². The van der Waals surface area contributed by atoms with E-state index in [4.69, 9.17) is 9.47 Å². The average Bonchev–Trinajstić information content (AvgIpc) is 3.04. The van der Waals surface area contributed by atoms with Crippen molar-refractivity contribution in [2.45, 2.75) is 19.4 Å². The molecule has 0 radical (unpaired) electrons. The lowest BCUT2D eigenvalue weighted by atomic mass is 10.2. The molecule has 1 unspecified atom stereocenters. The molecule has 5 nitrogen and oxygen atoms in total. The van der Waals surface area contributed by atoms with Gasteiger partial charge in [0.15, 0.2) is 17.7 Å². The third kappa shape index (κ3) is 3.33. The van der Waals surface area contributed by atoms with Crippen LogP contribution in [0.4, 0.5) is 10.1 Å². The second-order valence-corrected chi connectivity index (χ2v) is 5.77. The fourth-order valence-electron chi connectivity index (χ4n) is 2.86. The van der Waals surface area contributed by atoms with Gasteiger partial charge in [0.2, 0.25) is 0 Å². The lowest BCUT2D eigenvalue weighted by Gasteiger charge is -2.21. The first-order chi connectivity index (χ1) is 12.0. The monoisotopic (exact) mass is 343 g/mol. The Bertz CT molecular complexity index is 821. The van der Waals surface area contributed by atoms with E-state index in [9.17, 15) is 14.0 Å². The number of fused-ring (bicyclic) bond motifs is 1. The summed E-state index contributed by atoms with van der Waals surface area (Å²) in [5, 5.41) is 0. The third-order valence-electron chi connectivity index (χ3n) is 4.17. The van der Waals surface area contributed by atoms with Crippen molar-refractivity contribution in [2.24, 2.45) is 0 Å². The Labute approximate surface area is 145 Å². The van der Waals surface area contributed by atoms with Gasteiger partial charge in [-0.15, -0.1) is 0 Å². The molecule has 0 spiro atoms. The third-order valence-corrected chi connectivity index (χ3v) is 4.17. The van der Waals surface area contributed by atoms with Crippen molar-refractivity contribution >= 4 is 17.6 Å². The first kappa shape index (κ1) is 17.0. The highest BCUT2D eigenvalue weighted by Gasteiger charge is 2.30. The molecule has 1 aliphatic rings. The van der Waals surface area contributed by atoms with Crippen molar-refractivity contribution in [2.75, 3.05) is 18.6 Å². The number of nitrogens with zero attached hydrogens (tertiary/aromatic N) is 1. The zero-order valence-electron chi connectivity index (χ0n) is 14.0. The van der Waals surface area contributed by atoms with Gasteiger partial charge in [-0.1, -0.05) is 18.2 Å². The van der Waals surface area contributed by atoms with Crippen LogP contribution in [0.1, 0.15) is 22.8 Å². The van der Waals surface area contributed by atoms with Crippen molar-refractivity contribution in [3.8, 4) is 5.75 Å². The number of carbonyl (C=O) groups is 2. The molecule has 1 atom stereocenters. The number of hydrogen-bond donors (Lipinski definition) is 0. The van der Waals surface area contributed by atoms with E-state index in [2.05, 4.69) is 0 Å². The molecule has 0 aliphatic carbocycles. The number of para-hydroxylation sites is 1. The van der Waals surface area contributed by atoms with Crippen LogP contribution in [0.25, 0.3) is 0 Å². The molecule has 0 fully saturated rings. The maximum Gasteiger partial charge on any atom is 0.339 e. The van der Waals surface area contributed by atoms with E-state index in [-0.39, 0.29) is 17.2 Å². The first-order valence-corrected chi connectivity index (χ1v) is 7.95. The average molecular weight is 343 g/mol. The summed E-state index contributed by atoms with van der Waals surface area (Å²) in [7, 11) is 1.34. The molecule has 0 bridgehead atoms. The van der Waals surface area contributed by atoms with Crippen molar-refractivity contribution < 1.29 is 23.5 Å². The molecule has 0 N–H and O–H groups in total. The minimum Gasteiger partial charge on any atom is -0.494 e. The summed E-state index contributed by atoms with van der Waals surface area (Å²) in [6.07, 6.45) is -0.199. The minimum atomic E-state index is -0.969. The van der Waals surface area contributed by atoms with Gasteiger partial charge in [0.05, 0.1) is 12.7 Å². The van der Waals surface area contributed by atoms with Crippen molar-refractivity contribution in [1.82, 2.24) is 0 Å². The summed E-state index contributed by atoms with van der Waals surface area (Å²) in [5.74, 6) is -1.68. The van der Waals surface area contributed by atoms with Crippen LogP contribution in [0, 0.1) is 5.82 Å². The largest absolute Gasteiger partial charge is 0.494 e. The first-order valence-electron chi connectivity index (χ1n) is 7.95. The predicted molar refractivity (Wildman–Crippen MR) is 90.3 cm³/mol. The van der Waals surface area contributed by atoms with Gasteiger partial charge in [-0.2, -0.15) is 0 Å². The van der Waals surface area contributed by atoms with Gasteiger partial charge in [-0.05, 0) is 43.2 Å². The van der Waals surface area contributed by atoms with Crippen molar-refractivity contribution in [3.05, 3.63) is 59.4 Å². The molecule has 1 aliphatic heterocycles. The summed E-state index contributed by atoms with van der Waals surface area (Å²) < 4.78 is 23.7. The second-order valence-electron chi connectivity index (χ2n) is 5.77. The zero-order valence-corrected chi connectivity index (χ0v) is 14.0. The second kappa shape index (κ2) is 6.93. The van der Waals surface area contributed by atoms with E-state index < -0.39 is 17.9 Å². The number of anilines is 1. The van der Waals surface area contributed by atoms with E-state index in [1.807, 2.05) is 24.3 Å². The van der Waals surface area contributed by atoms with E-state index in [0.29, 0.717) is 6.54 Å². The van der Waals surface area contributed by atoms with Gasteiger partial charge in [0.1, 0.15) is 0 Å². The number of carbonyl (C=O) groups excluding carboxylic acids is 2. The van der Waals surface area contributed by atoms with Crippen LogP contribution >= 0.6 is 0 Å². The van der Waals surface area contributed by atoms with Gasteiger partial charge in [0.25, 0.3) is 5.91 Å². The highest BCUT2D eigenvalue weighted by atomic mass is 19.1. The summed E-state index contributed by atoms with van der Waals surface area (Å²) >= 11 is 0. The molecule has 1 amide bonds. The smallest absolute Gasteiger partial charge is 0.339 e. The van der Waals surface area contributed by atoms with Crippen LogP contribution in [0.15, 0.2) is 42.5 Å². The highest BCUT2D eigenvalue weighted by Crippen LogP contribution is 2.28. The topological polar surface area (TPSA) is 55.8 Å². The quantitative estimate of drug-likeness (QED) is 0.801. The fraction of sp³-hybridized carbons (Fsp3) is 0.263. The number of benzene rings is 2. The van der Waals surface area contributed by atoms with Crippen LogP contribution in [-0.2, 0) is 16.0 Å². The molecule has 2 aromatic rings. The van der Waals surface area contributed by atoms with Crippen LogP contribution in [0.2, 0.25) is 0 Å². The number of rotatable bonds is 4. The van der Waals surface area contributed by atoms with Crippen molar-refractivity contribution in [1.29, 1.82) is 0 Å². The summed E-state index contributed by atoms with van der Waals surface area (Å²) in [6, 6.07) is 11.4. The molecular formula is C19H18FNO4. The number of halogens is 1. The Morgan fingerprint density at radius 1 is 1.20 bits per heavy atom. The zero-order chi connectivity index (χ0) is 18.0. The Hall–Kier alpha value is -2.89. The van der Waals surface area contributed by atoms with Crippen LogP contribution in [0.3, 0.4) is 0 Å². The van der Waals surface area contributed by atoms with Gasteiger partial charge < -0.3 is 14.4 Å². The van der Waals surface area contributed by atoms with Gasteiger partial charge >= 0.3 is 5.97 Å². The van der Waals surface area contributed by atoms with Gasteiger partial charge in [-0.25, -0.2) is 9.18 Å². The predicted octanol–water partition coefficient (Wildman–Crippen LogP) is 2.97. The summed E-state index contributed by atoms with van der Waals surface area (Å²) in [6.45, 7) is 2.07. The molecule has 25 heavy (non-hydrogen) atoms. The summed E-state index contributed by atoms with van der Waals surface area (Å²) in [5.41, 5.74) is 1.96. The number of amides is 1. The molecule has 6 heteroatoms. The lowest BCUT2D eigenvalue weighted by molar-refractivity contribution is -0.126. The van der Waals surface area contributed by atoms with E-state index >= 15 is 0 Å². The Balaban J connectivity index is 1.70. The standard InChI is InChI=1S/C19H18FNO4/c1-12(18(22)21-10-9-13-5-3-4-6-16(13)21)25-19(23)14-7-8-17(24-2)15(20)11-14/h3-8,11-12H,9-10H2,1-2H3.